The maximum Gasteiger partial charge on any atom is 0.0621 e. The van der Waals surface area contributed by atoms with Gasteiger partial charge in [-0.05, 0) is 33.4 Å². The summed E-state index contributed by atoms with van der Waals surface area (Å²) in [5.74, 6) is 0. The van der Waals surface area contributed by atoms with Crippen molar-refractivity contribution in [2.24, 2.45) is 0 Å². The Labute approximate surface area is 76.9 Å². The standard InChI is InChI=1S/C8H17NO.C2H6/c1-3-10-7-8-5-4-6-9(8)2;1-2/h8H,3-7H2,1-2H3;1-2H3. The summed E-state index contributed by atoms with van der Waals surface area (Å²) < 4.78 is 5.35. The van der Waals surface area contributed by atoms with Crippen LogP contribution in [-0.4, -0.2) is 37.7 Å². The smallest absolute Gasteiger partial charge is 0.0621 e. The molecular weight excluding hydrogens is 150 g/mol. The Morgan fingerprint density at radius 1 is 1.42 bits per heavy atom. The van der Waals surface area contributed by atoms with Crippen LogP contribution in [0.3, 0.4) is 0 Å². The zero-order chi connectivity index (χ0) is 9.40. The molecule has 2 heteroatoms. The molecule has 0 aromatic carbocycles. The van der Waals surface area contributed by atoms with E-state index in [1.54, 1.807) is 0 Å². The summed E-state index contributed by atoms with van der Waals surface area (Å²) in [6.45, 7) is 9.07. The van der Waals surface area contributed by atoms with E-state index in [1.807, 2.05) is 13.8 Å². The number of likely N-dealkylation sites (tertiary alicyclic amines) is 1. The fourth-order valence-electron chi connectivity index (χ4n) is 1.44. The van der Waals surface area contributed by atoms with Crippen molar-refractivity contribution >= 4 is 0 Å². The van der Waals surface area contributed by atoms with Crippen LogP contribution in [0.25, 0.3) is 0 Å². The largest absolute Gasteiger partial charge is 0.380 e. The van der Waals surface area contributed by atoms with Crippen LogP contribution < -0.4 is 0 Å². The van der Waals surface area contributed by atoms with Gasteiger partial charge < -0.3 is 9.64 Å². The van der Waals surface area contributed by atoms with E-state index >= 15 is 0 Å². The van der Waals surface area contributed by atoms with Crippen LogP contribution in [0.5, 0.6) is 0 Å². The molecule has 1 fully saturated rings. The maximum absolute atomic E-state index is 5.35. The van der Waals surface area contributed by atoms with Gasteiger partial charge in [0.05, 0.1) is 6.61 Å². The third-order valence-corrected chi connectivity index (χ3v) is 2.19. The molecule has 2 nitrogen and oxygen atoms in total. The van der Waals surface area contributed by atoms with Crippen LogP contribution in [0.15, 0.2) is 0 Å². The minimum absolute atomic E-state index is 0.694. The number of nitrogens with zero attached hydrogens (tertiary/aromatic N) is 1. The van der Waals surface area contributed by atoms with Crippen LogP contribution in [0.4, 0.5) is 0 Å². The average molecular weight is 173 g/mol. The van der Waals surface area contributed by atoms with Gasteiger partial charge in [0, 0.05) is 12.6 Å². The van der Waals surface area contributed by atoms with E-state index < -0.39 is 0 Å². The number of hydrogen-bond acceptors (Lipinski definition) is 2. The quantitative estimate of drug-likeness (QED) is 0.648. The highest BCUT2D eigenvalue weighted by Gasteiger charge is 2.19. The number of likely N-dealkylation sites (N-methyl/N-ethyl adjacent to an activating group) is 1. The third-order valence-electron chi connectivity index (χ3n) is 2.19. The first kappa shape index (κ1) is 11.9. The van der Waals surface area contributed by atoms with Crippen molar-refractivity contribution in [1.29, 1.82) is 0 Å². The van der Waals surface area contributed by atoms with Gasteiger partial charge in [0.1, 0.15) is 0 Å². The minimum atomic E-state index is 0.694. The Morgan fingerprint density at radius 3 is 2.50 bits per heavy atom. The summed E-state index contributed by atoms with van der Waals surface area (Å²) >= 11 is 0. The molecule has 1 atom stereocenters. The Balaban J connectivity index is 0.000000561. The van der Waals surface area contributed by atoms with Crippen molar-refractivity contribution in [1.82, 2.24) is 4.90 Å². The first-order valence-corrected chi connectivity index (χ1v) is 5.12. The maximum atomic E-state index is 5.35. The predicted octanol–water partition coefficient (Wildman–Crippen LogP) is 2.14. The highest BCUT2D eigenvalue weighted by molar-refractivity contribution is 4.75. The van der Waals surface area contributed by atoms with E-state index in [0.29, 0.717) is 6.04 Å². The van der Waals surface area contributed by atoms with E-state index in [4.69, 9.17) is 4.74 Å². The Hall–Kier alpha value is -0.0800. The topological polar surface area (TPSA) is 12.5 Å². The van der Waals surface area contributed by atoms with Gasteiger partial charge in [-0.15, -0.1) is 0 Å². The van der Waals surface area contributed by atoms with Crippen LogP contribution in [0, 0.1) is 0 Å². The van der Waals surface area contributed by atoms with Gasteiger partial charge in [0.15, 0.2) is 0 Å². The van der Waals surface area contributed by atoms with E-state index in [1.165, 1.54) is 19.4 Å². The van der Waals surface area contributed by atoms with Gasteiger partial charge in [-0.2, -0.15) is 0 Å². The molecule has 0 saturated carbocycles. The summed E-state index contributed by atoms with van der Waals surface area (Å²) in [6.07, 6.45) is 2.66. The number of rotatable bonds is 3. The summed E-state index contributed by atoms with van der Waals surface area (Å²) in [4.78, 5) is 2.38. The van der Waals surface area contributed by atoms with Crippen molar-refractivity contribution in [2.75, 3.05) is 26.8 Å². The van der Waals surface area contributed by atoms with Gasteiger partial charge in [-0.25, -0.2) is 0 Å². The van der Waals surface area contributed by atoms with Gasteiger partial charge in [-0.3, -0.25) is 0 Å². The molecule has 0 radical (unpaired) electrons. The Morgan fingerprint density at radius 2 is 2.08 bits per heavy atom. The van der Waals surface area contributed by atoms with Gasteiger partial charge in [0.2, 0.25) is 0 Å². The molecule has 0 bridgehead atoms. The fourth-order valence-corrected chi connectivity index (χ4v) is 1.44. The molecule has 74 valence electrons. The molecule has 1 aliphatic rings. The molecule has 1 unspecified atom stereocenters. The molecule has 0 amide bonds. The first-order chi connectivity index (χ1) is 5.84. The lowest BCUT2D eigenvalue weighted by Crippen LogP contribution is -2.29. The summed E-state index contributed by atoms with van der Waals surface area (Å²) in [5.41, 5.74) is 0. The third kappa shape index (κ3) is 4.07. The molecule has 0 aliphatic carbocycles. The normalized spacial score (nSPS) is 23.5. The summed E-state index contributed by atoms with van der Waals surface area (Å²) in [7, 11) is 2.18. The van der Waals surface area contributed by atoms with Gasteiger partial charge in [-0.1, -0.05) is 13.8 Å². The monoisotopic (exact) mass is 173 g/mol. The van der Waals surface area contributed by atoms with E-state index in [2.05, 4.69) is 18.9 Å². The second-order valence-corrected chi connectivity index (χ2v) is 2.94. The molecule has 0 N–H and O–H groups in total. The lowest BCUT2D eigenvalue weighted by atomic mass is 10.2. The van der Waals surface area contributed by atoms with Crippen LogP contribution >= 0.6 is 0 Å². The van der Waals surface area contributed by atoms with Crippen LogP contribution in [-0.2, 0) is 4.74 Å². The predicted molar refractivity (Wildman–Crippen MR) is 53.5 cm³/mol. The molecule has 0 aromatic rings. The van der Waals surface area contributed by atoms with Crippen LogP contribution in [0.2, 0.25) is 0 Å². The molecule has 1 saturated heterocycles. The summed E-state index contributed by atoms with van der Waals surface area (Å²) in [5, 5.41) is 0. The number of ether oxygens (including phenoxy) is 1. The Kier molecular flexibility index (Phi) is 7.51. The molecule has 1 heterocycles. The zero-order valence-corrected chi connectivity index (χ0v) is 8.97. The van der Waals surface area contributed by atoms with E-state index in [0.717, 1.165) is 13.2 Å². The highest BCUT2D eigenvalue weighted by atomic mass is 16.5. The SMILES string of the molecule is CC.CCOCC1CCCN1C. The molecule has 1 aliphatic heterocycles. The van der Waals surface area contributed by atoms with Crippen molar-refractivity contribution in [3.05, 3.63) is 0 Å². The molecular formula is C10H23NO. The molecule has 0 aromatic heterocycles. The van der Waals surface area contributed by atoms with Crippen LogP contribution in [0.1, 0.15) is 33.6 Å². The highest BCUT2D eigenvalue weighted by Crippen LogP contribution is 2.14. The fraction of sp³-hybridized carbons (Fsp3) is 1.00. The Bertz CT molecular complexity index is 95.8. The second kappa shape index (κ2) is 7.56. The lowest BCUT2D eigenvalue weighted by Gasteiger charge is -2.18. The average Bonchev–Trinajstić information content (AvgIpc) is 2.51. The van der Waals surface area contributed by atoms with E-state index in [9.17, 15) is 0 Å². The van der Waals surface area contributed by atoms with Crippen molar-refractivity contribution in [2.45, 2.75) is 39.7 Å². The first-order valence-electron chi connectivity index (χ1n) is 5.12. The van der Waals surface area contributed by atoms with Crippen molar-refractivity contribution in [3.8, 4) is 0 Å². The molecule has 1 rings (SSSR count). The molecule has 0 spiro atoms. The lowest BCUT2D eigenvalue weighted by molar-refractivity contribution is 0.0950. The summed E-state index contributed by atoms with van der Waals surface area (Å²) in [6, 6.07) is 0.694. The second-order valence-electron chi connectivity index (χ2n) is 2.94. The van der Waals surface area contributed by atoms with Crippen molar-refractivity contribution < 1.29 is 4.74 Å². The molecule has 12 heavy (non-hydrogen) atoms. The zero-order valence-electron chi connectivity index (χ0n) is 8.97. The van der Waals surface area contributed by atoms with Gasteiger partial charge in [0.25, 0.3) is 0 Å². The number of hydrogen-bond donors (Lipinski definition) is 0. The van der Waals surface area contributed by atoms with Gasteiger partial charge >= 0.3 is 0 Å². The van der Waals surface area contributed by atoms with Crippen molar-refractivity contribution in [3.63, 3.8) is 0 Å². The minimum Gasteiger partial charge on any atom is -0.380 e. The van der Waals surface area contributed by atoms with E-state index in [-0.39, 0.29) is 0 Å².